The molecule has 7 heteroatoms. The van der Waals surface area contributed by atoms with Crippen molar-refractivity contribution in [1.82, 2.24) is 20.4 Å². The van der Waals surface area contributed by atoms with E-state index < -0.39 is 0 Å². The summed E-state index contributed by atoms with van der Waals surface area (Å²) in [5.74, 6) is -0.0208. The maximum Gasteiger partial charge on any atom is 0.269 e. The molecule has 1 aromatic heterocycles. The van der Waals surface area contributed by atoms with Gasteiger partial charge in [0.05, 0.1) is 17.8 Å². The highest BCUT2D eigenvalue weighted by Crippen LogP contribution is 2.29. The van der Waals surface area contributed by atoms with Crippen LogP contribution in [0.3, 0.4) is 0 Å². The predicted molar refractivity (Wildman–Crippen MR) is 116 cm³/mol. The first kappa shape index (κ1) is 19.5. The molecule has 7 nitrogen and oxygen atoms in total. The van der Waals surface area contributed by atoms with Gasteiger partial charge in [0.25, 0.3) is 5.91 Å². The summed E-state index contributed by atoms with van der Waals surface area (Å²) in [5, 5.41) is 22.9. The van der Waals surface area contributed by atoms with Crippen LogP contribution in [0.5, 0.6) is 0 Å². The second-order valence-corrected chi connectivity index (χ2v) is 7.67. The molecule has 1 saturated heterocycles. The summed E-state index contributed by atoms with van der Waals surface area (Å²) in [6.07, 6.45) is 2.19. The number of hydrogen-bond donors (Lipinski definition) is 3. The maximum atomic E-state index is 12.8. The maximum absolute atomic E-state index is 12.8. The van der Waals surface area contributed by atoms with E-state index in [4.69, 9.17) is 0 Å². The summed E-state index contributed by atoms with van der Waals surface area (Å²) in [6, 6.07) is 19.4. The first-order valence-electron chi connectivity index (χ1n) is 10.0. The molecule has 0 bridgehead atoms. The number of para-hydroxylation sites is 2. The number of nitrogens with one attached hydrogen (secondary N) is 3. The number of aromatic amines is 1. The highest BCUT2D eigenvalue weighted by Gasteiger charge is 2.37. The molecule has 1 aliphatic rings. The zero-order valence-corrected chi connectivity index (χ0v) is 17.0. The molecule has 1 amide bonds. The zero-order valence-electron chi connectivity index (χ0n) is 17.0. The topological polar surface area (TPSA) is 96.8 Å². The van der Waals surface area contributed by atoms with Crippen molar-refractivity contribution in [1.29, 1.82) is 5.26 Å². The number of rotatable bonds is 5. The first-order chi connectivity index (χ1) is 14.6. The standard InChI is InChI=1S/C23H24N6O/c1-15-13-29(14-24)16(2)22(15)26-23(30)21-12-20(27-28-21)18-10-6-7-11-19(18)25-17-8-4-3-5-9-17/h3-12,15-16,22,25H,13H2,1-2H3,(H,26,30)(H,27,28)/t15?,16?,22-/m1/s1. The van der Waals surface area contributed by atoms with Crippen LogP contribution in [-0.4, -0.2) is 39.6 Å². The van der Waals surface area contributed by atoms with E-state index in [1.807, 2.05) is 68.4 Å². The van der Waals surface area contributed by atoms with Gasteiger partial charge in [-0.05, 0) is 37.1 Å². The molecule has 0 aliphatic carbocycles. The van der Waals surface area contributed by atoms with Gasteiger partial charge in [0.1, 0.15) is 5.69 Å². The monoisotopic (exact) mass is 400 g/mol. The molecular weight excluding hydrogens is 376 g/mol. The number of amides is 1. The molecule has 4 rings (SSSR count). The van der Waals surface area contributed by atoms with E-state index >= 15 is 0 Å². The van der Waals surface area contributed by atoms with Crippen molar-refractivity contribution in [2.45, 2.75) is 25.9 Å². The fourth-order valence-electron chi connectivity index (χ4n) is 3.95. The second-order valence-electron chi connectivity index (χ2n) is 7.67. The van der Waals surface area contributed by atoms with Gasteiger partial charge in [0.15, 0.2) is 6.19 Å². The van der Waals surface area contributed by atoms with E-state index in [1.165, 1.54) is 0 Å². The Labute approximate surface area is 175 Å². The number of carbonyl (C=O) groups is 1. The van der Waals surface area contributed by atoms with Gasteiger partial charge in [-0.3, -0.25) is 9.89 Å². The summed E-state index contributed by atoms with van der Waals surface area (Å²) >= 11 is 0. The Morgan fingerprint density at radius 2 is 1.90 bits per heavy atom. The average molecular weight is 400 g/mol. The molecule has 3 aromatic rings. The Morgan fingerprint density at radius 3 is 2.63 bits per heavy atom. The average Bonchev–Trinajstić information content (AvgIpc) is 3.35. The summed E-state index contributed by atoms with van der Waals surface area (Å²) in [7, 11) is 0. The normalized spacial score (nSPS) is 20.6. The van der Waals surface area contributed by atoms with E-state index in [-0.39, 0.29) is 23.9 Å². The molecule has 0 radical (unpaired) electrons. The van der Waals surface area contributed by atoms with E-state index in [0.29, 0.717) is 17.9 Å². The number of anilines is 2. The molecule has 1 fully saturated rings. The first-order valence-corrected chi connectivity index (χ1v) is 10.0. The minimum Gasteiger partial charge on any atom is -0.355 e. The lowest BCUT2D eigenvalue weighted by atomic mass is 10.0. The molecule has 2 unspecified atom stereocenters. The van der Waals surface area contributed by atoms with Gasteiger partial charge in [-0.25, -0.2) is 0 Å². The molecular formula is C23H24N6O. The number of benzene rings is 2. The summed E-state index contributed by atoms with van der Waals surface area (Å²) in [6.45, 7) is 4.65. The number of likely N-dealkylation sites (tertiary alicyclic amines) is 1. The molecule has 30 heavy (non-hydrogen) atoms. The van der Waals surface area contributed by atoms with Crippen molar-refractivity contribution >= 4 is 17.3 Å². The predicted octanol–water partition coefficient (Wildman–Crippen LogP) is 3.74. The quantitative estimate of drug-likeness (QED) is 0.567. The Balaban J connectivity index is 1.52. The van der Waals surface area contributed by atoms with Crippen LogP contribution in [0, 0.1) is 17.4 Å². The van der Waals surface area contributed by atoms with E-state index in [9.17, 15) is 10.1 Å². The molecule has 3 N–H and O–H groups in total. The Kier molecular flexibility index (Phi) is 5.40. The minimum atomic E-state index is -0.217. The summed E-state index contributed by atoms with van der Waals surface area (Å²) in [4.78, 5) is 14.5. The highest BCUT2D eigenvalue weighted by atomic mass is 16.2. The molecule has 2 aromatic carbocycles. The van der Waals surface area contributed by atoms with E-state index in [0.717, 1.165) is 16.9 Å². The van der Waals surface area contributed by atoms with Crippen molar-refractivity contribution < 1.29 is 4.79 Å². The van der Waals surface area contributed by atoms with Gasteiger partial charge in [0, 0.05) is 23.5 Å². The van der Waals surface area contributed by atoms with Crippen molar-refractivity contribution in [3.63, 3.8) is 0 Å². The van der Waals surface area contributed by atoms with E-state index in [1.54, 1.807) is 11.0 Å². The van der Waals surface area contributed by atoms with Crippen LogP contribution in [0.15, 0.2) is 60.7 Å². The molecule has 2 heterocycles. The number of H-pyrrole nitrogens is 1. The van der Waals surface area contributed by atoms with Gasteiger partial charge >= 0.3 is 0 Å². The van der Waals surface area contributed by atoms with Crippen LogP contribution in [-0.2, 0) is 0 Å². The third-order valence-corrected chi connectivity index (χ3v) is 5.61. The van der Waals surface area contributed by atoms with Gasteiger partial charge in [0.2, 0.25) is 0 Å². The van der Waals surface area contributed by atoms with Gasteiger partial charge in [-0.2, -0.15) is 10.4 Å². The number of nitriles is 1. The molecule has 0 spiro atoms. The van der Waals surface area contributed by atoms with Gasteiger partial charge in [-0.15, -0.1) is 0 Å². The number of nitrogens with zero attached hydrogens (tertiary/aromatic N) is 3. The van der Waals surface area contributed by atoms with Crippen LogP contribution < -0.4 is 10.6 Å². The van der Waals surface area contributed by atoms with Crippen molar-refractivity contribution in [2.24, 2.45) is 5.92 Å². The smallest absolute Gasteiger partial charge is 0.269 e. The fourth-order valence-corrected chi connectivity index (χ4v) is 3.95. The van der Waals surface area contributed by atoms with Crippen molar-refractivity contribution in [3.05, 3.63) is 66.4 Å². The molecule has 0 saturated carbocycles. The molecule has 3 atom stereocenters. The van der Waals surface area contributed by atoms with Gasteiger partial charge in [-0.1, -0.05) is 43.3 Å². The van der Waals surface area contributed by atoms with Crippen LogP contribution in [0.4, 0.5) is 11.4 Å². The van der Waals surface area contributed by atoms with Crippen molar-refractivity contribution in [3.8, 4) is 17.5 Å². The number of hydrogen-bond acceptors (Lipinski definition) is 5. The number of aromatic nitrogens is 2. The SMILES string of the molecule is CC1CN(C#N)C(C)[C@@H]1NC(=O)c1cc(-c2ccccc2Nc2ccccc2)n[nH]1. The summed E-state index contributed by atoms with van der Waals surface area (Å²) in [5.41, 5.74) is 3.86. The lowest BCUT2D eigenvalue weighted by Gasteiger charge is -2.21. The fraction of sp³-hybridized carbons (Fsp3) is 0.261. The lowest BCUT2D eigenvalue weighted by molar-refractivity contribution is 0.0918. The molecule has 152 valence electrons. The number of carbonyl (C=O) groups excluding carboxylic acids is 1. The van der Waals surface area contributed by atoms with Crippen LogP contribution in [0.1, 0.15) is 24.3 Å². The Hall–Kier alpha value is -3.79. The van der Waals surface area contributed by atoms with E-state index in [2.05, 4.69) is 27.0 Å². The Bertz CT molecular complexity index is 1070. The third kappa shape index (κ3) is 3.85. The van der Waals surface area contributed by atoms with Crippen LogP contribution in [0.2, 0.25) is 0 Å². The van der Waals surface area contributed by atoms with Crippen LogP contribution >= 0.6 is 0 Å². The summed E-state index contributed by atoms with van der Waals surface area (Å²) < 4.78 is 0. The highest BCUT2D eigenvalue weighted by molar-refractivity contribution is 5.94. The van der Waals surface area contributed by atoms with Gasteiger partial charge < -0.3 is 15.5 Å². The van der Waals surface area contributed by atoms with Crippen molar-refractivity contribution in [2.75, 3.05) is 11.9 Å². The van der Waals surface area contributed by atoms with Crippen LogP contribution in [0.25, 0.3) is 11.3 Å². The third-order valence-electron chi connectivity index (χ3n) is 5.61. The molecule has 1 aliphatic heterocycles. The Morgan fingerprint density at radius 1 is 1.17 bits per heavy atom. The zero-order chi connectivity index (χ0) is 21.1. The minimum absolute atomic E-state index is 0.0351. The second kappa shape index (κ2) is 8.29. The lowest BCUT2D eigenvalue weighted by Crippen LogP contribution is -2.44. The largest absolute Gasteiger partial charge is 0.355 e.